The lowest BCUT2D eigenvalue weighted by Gasteiger charge is -2.27. The Balaban J connectivity index is 2.37. The number of benzene rings is 1. The van der Waals surface area contributed by atoms with Crippen LogP contribution in [0.4, 0.5) is 0 Å². The van der Waals surface area contributed by atoms with Crippen LogP contribution < -0.4 is 14.2 Å². The van der Waals surface area contributed by atoms with E-state index in [1.807, 2.05) is 0 Å². The molecular weight excluding hydrogens is 312 g/mol. The van der Waals surface area contributed by atoms with Crippen molar-refractivity contribution in [3.63, 3.8) is 0 Å². The van der Waals surface area contributed by atoms with Gasteiger partial charge in [-0.05, 0) is 6.07 Å². The number of hydrogen-bond acceptors (Lipinski definition) is 6. The lowest BCUT2D eigenvalue weighted by atomic mass is 9.74. The molecule has 0 amide bonds. The monoisotopic (exact) mass is 334 g/mol. The number of ketones is 3. The Bertz CT molecular complexity index is 646. The molecule has 0 bridgehead atoms. The summed E-state index contributed by atoms with van der Waals surface area (Å²) in [5, 5.41) is 0. The first kappa shape index (κ1) is 18.0. The van der Waals surface area contributed by atoms with Gasteiger partial charge in [0.1, 0.15) is 11.7 Å². The van der Waals surface area contributed by atoms with Gasteiger partial charge in [0.2, 0.25) is 0 Å². The zero-order valence-corrected chi connectivity index (χ0v) is 14.4. The lowest BCUT2D eigenvalue weighted by molar-refractivity contribution is -0.142. The molecule has 1 fully saturated rings. The predicted molar refractivity (Wildman–Crippen MR) is 86.9 cm³/mol. The van der Waals surface area contributed by atoms with Gasteiger partial charge in [-0.2, -0.15) is 0 Å². The Morgan fingerprint density at radius 1 is 0.958 bits per heavy atom. The molecule has 1 aliphatic rings. The number of carbonyl (C=O) groups excluding carboxylic acids is 3. The Morgan fingerprint density at radius 3 is 1.92 bits per heavy atom. The van der Waals surface area contributed by atoms with E-state index in [0.29, 0.717) is 22.8 Å². The fourth-order valence-electron chi connectivity index (χ4n) is 3.13. The summed E-state index contributed by atoms with van der Waals surface area (Å²) in [7, 11) is 4.55. The minimum Gasteiger partial charge on any atom is -0.496 e. The van der Waals surface area contributed by atoms with Crippen molar-refractivity contribution < 1.29 is 28.6 Å². The van der Waals surface area contributed by atoms with Gasteiger partial charge in [-0.1, -0.05) is 6.92 Å². The summed E-state index contributed by atoms with van der Waals surface area (Å²) >= 11 is 0. The van der Waals surface area contributed by atoms with Crippen molar-refractivity contribution in [3.05, 3.63) is 17.7 Å². The first-order valence-corrected chi connectivity index (χ1v) is 7.84. The molecule has 0 aromatic heterocycles. The molecule has 0 radical (unpaired) electrons. The molecular formula is C18H22O6. The second-order valence-electron chi connectivity index (χ2n) is 5.74. The van der Waals surface area contributed by atoms with Crippen molar-refractivity contribution >= 4 is 17.3 Å². The molecule has 1 aliphatic carbocycles. The Kier molecular flexibility index (Phi) is 5.59. The van der Waals surface area contributed by atoms with E-state index < -0.39 is 5.92 Å². The highest BCUT2D eigenvalue weighted by molar-refractivity contribution is 6.20. The van der Waals surface area contributed by atoms with Crippen molar-refractivity contribution in [2.75, 3.05) is 21.3 Å². The van der Waals surface area contributed by atoms with Crippen LogP contribution in [0.25, 0.3) is 0 Å². The van der Waals surface area contributed by atoms with Crippen molar-refractivity contribution in [2.24, 2.45) is 5.92 Å². The van der Waals surface area contributed by atoms with Crippen LogP contribution in [0.3, 0.4) is 0 Å². The number of ether oxygens (including phenoxy) is 3. The largest absolute Gasteiger partial charge is 0.496 e. The zero-order chi connectivity index (χ0) is 17.9. The standard InChI is InChI=1S/C18H22O6/c1-5-12(19)18-13(20)6-10(7-14(18)21)11-8-16(23-3)17(24-4)9-15(11)22-2/h8-10,18H,5-7H2,1-4H3. The fourth-order valence-corrected chi connectivity index (χ4v) is 3.13. The number of hydrogen-bond donors (Lipinski definition) is 0. The van der Waals surface area contributed by atoms with E-state index in [1.54, 1.807) is 19.1 Å². The summed E-state index contributed by atoms with van der Waals surface area (Å²) in [5.41, 5.74) is 0.708. The summed E-state index contributed by atoms with van der Waals surface area (Å²) in [6.45, 7) is 1.66. The summed E-state index contributed by atoms with van der Waals surface area (Å²) in [5.74, 6) is -0.843. The van der Waals surface area contributed by atoms with Crippen LogP contribution in [-0.2, 0) is 14.4 Å². The van der Waals surface area contributed by atoms with Crippen LogP contribution in [0.1, 0.15) is 37.7 Å². The minimum absolute atomic E-state index is 0.133. The lowest BCUT2D eigenvalue weighted by Crippen LogP contribution is -2.37. The minimum atomic E-state index is -1.10. The van der Waals surface area contributed by atoms with Gasteiger partial charge in [0.05, 0.1) is 21.3 Å². The third-order valence-corrected chi connectivity index (χ3v) is 4.39. The fraction of sp³-hybridized carbons (Fsp3) is 0.500. The third kappa shape index (κ3) is 3.27. The first-order valence-electron chi connectivity index (χ1n) is 7.84. The van der Waals surface area contributed by atoms with Gasteiger partial charge in [-0.15, -0.1) is 0 Å². The molecule has 0 aliphatic heterocycles. The van der Waals surface area contributed by atoms with Gasteiger partial charge in [-0.3, -0.25) is 14.4 Å². The molecule has 0 spiro atoms. The third-order valence-electron chi connectivity index (χ3n) is 4.39. The maximum Gasteiger partial charge on any atom is 0.164 e. The average molecular weight is 334 g/mol. The van der Waals surface area contributed by atoms with E-state index in [9.17, 15) is 14.4 Å². The molecule has 0 unspecified atom stereocenters. The van der Waals surface area contributed by atoms with Gasteiger partial charge in [0.25, 0.3) is 0 Å². The summed E-state index contributed by atoms with van der Waals surface area (Å²) < 4.78 is 15.9. The van der Waals surface area contributed by atoms with Crippen LogP contribution in [0.5, 0.6) is 17.2 Å². The van der Waals surface area contributed by atoms with Crippen LogP contribution in [0, 0.1) is 5.92 Å². The number of rotatable bonds is 6. The van der Waals surface area contributed by atoms with E-state index in [-0.39, 0.29) is 42.5 Å². The molecule has 130 valence electrons. The molecule has 2 rings (SSSR count). The number of carbonyl (C=O) groups is 3. The Hall–Kier alpha value is -2.37. The van der Waals surface area contributed by atoms with Crippen molar-refractivity contribution in [1.29, 1.82) is 0 Å². The van der Waals surface area contributed by atoms with E-state index >= 15 is 0 Å². The van der Waals surface area contributed by atoms with Crippen LogP contribution >= 0.6 is 0 Å². The van der Waals surface area contributed by atoms with Crippen molar-refractivity contribution in [1.82, 2.24) is 0 Å². The van der Waals surface area contributed by atoms with Crippen LogP contribution in [0.2, 0.25) is 0 Å². The van der Waals surface area contributed by atoms with Crippen LogP contribution in [0.15, 0.2) is 12.1 Å². The van der Waals surface area contributed by atoms with E-state index in [1.165, 1.54) is 21.3 Å². The number of methoxy groups -OCH3 is 3. The molecule has 1 saturated carbocycles. The maximum absolute atomic E-state index is 12.3. The predicted octanol–water partition coefficient (Wildman–Crippen LogP) is 2.32. The second kappa shape index (κ2) is 7.47. The van der Waals surface area contributed by atoms with Gasteiger partial charge in [0.15, 0.2) is 28.8 Å². The van der Waals surface area contributed by atoms with Gasteiger partial charge < -0.3 is 14.2 Å². The van der Waals surface area contributed by atoms with Crippen molar-refractivity contribution in [3.8, 4) is 17.2 Å². The Morgan fingerprint density at radius 2 is 1.46 bits per heavy atom. The second-order valence-corrected chi connectivity index (χ2v) is 5.74. The molecule has 6 nitrogen and oxygen atoms in total. The van der Waals surface area contributed by atoms with Gasteiger partial charge in [-0.25, -0.2) is 0 Å². The zero-order valence-electron chi connectivity index (χ0n) is 14.4. The first-order chi connectivity index (χ1) is 11.5. The van der Waals surface area contributed by atoms with Crippen LogP contribution in [-0.4, -0.2) is 38.7 Å². The summed E-state index contributed by atoms with van der Waals surface area (Å²) in [6, 6.07) is 3.40. The quantitative estimate of drug-likeness (QED) is 0.743. The average Bonchev–Trinajstić information content (AvgIpc) is 2.59. The SMILES string of the molecule is CCC(=O)C1C(=O)CC(c2cc(OC)c(OC)cc2OC)CC1=O. The molecule has 24 heavy (non-hydrogen) atoms. The molecule has 6 heteroatoms. The smallest absolute Gasteiger partial charge is 0.164 e. The Labute approximate surface area is 141 Å². The summed E-state index contributed by atoms with van der Waals surface area (Å²) in [4.78, 5) is 36.5. The van der Waals surface area contributed by atoms with E-state index in [4.69, 9.17) is 14.2 Å². The van der Waals surface area contributed by atoms with Crippen molar-refractivity contribution in [2.45, 2.75) is 32.1 Å². The molecule has 0 saturated heterocycles. The van der Waals surface area contributed by atoms with Gasteiger partial charge >= 0.3 is 0 Å². The molecule has 0 heterocycles. The molecule has 1 aromatic rings. The highest BCUT2D eigenvalue weighted by Gasteiger charge is 2.40. The topological polar surface area (TPSA) is 78.9 Å². The van der Waals surface area contributed by atoms with Gasteiger partial charge in [0, 0.05) is 36.8 Å². The summed E-state index contributed by atoms with van der Waals surface area (Å²) in [6.07, 6.45) is 0.453. The highest BCUT2D eigenvalue weighted by atomic mass is 16.5. The van der Waals surface area contributed by atoms with E-state index in [2.05, 4.69) is 0 Å². The van der Waals surface area contributed by atoms with E-state index in [0.717, 1.165) is 0 Å². The molecule has 1 aromatic carbocycles. The maximum atomic E-state index is 12.3. The highest BCUT2D eigenvalue weighted by Crippen LogP contribution is 2.42. The normalized spacial score (nSPS) is 20.7. The molecule has 0 atom stereocenters. The molecule has 0 N–H and O–H groups in total. The number of Topliss-reactive ketones (excluding diaryl/α,β-unsaturated/α-hetero) is 3.